The third-order valence-electron chi connectivity index (χ3n) is 1.15. The van der Waals surface area contributed by atoms with Gasteiger partial charge in [0.05, 0.1) is 6.42 Å². The van der Waals surface area contributed by atoms with Crippen molar-refractivity contribution in [3.05, 3.63) is 0 Å². The normalized spacial score (nSPS) is 12.8. The van der Waals surface area contributed by atoms with Gasteiger partial charge in [-0.25, -0.2) is 4.39 Å². The minimum atomic E-state index is -1.20. The van der Waals surface area contributed by atoms with E-state index in [1.807, 2.05) is 0 Å². The molecular formula is C6H13FN2O. The highest BCUT2D eigenvalue weighted by Gasteiger charge is 2.11. The molecule has 0 saturated heterocycles. The summed E-state index contributed by atoms with van der Waals surface area (Å²) < 4.78 is 12.4. The first-order chi connectivity index (χ1) is 4.57. The Labute approximate surface area is 60.0 Å². The van der Waals surface area contributed by atoms with E-state index in [0.717, 1.165) is 0 Å². The number of nitrogens with two attached hydrogens (primary N) is 1. The lowest BCUT2D eigenvalue weighted by Gasteiger charge is -2.10. The van der Waals surface area contributed by atoms with Gasteiger partial charge >= 0.3 is 0 Å². The molecule has 1 unspecified atom stereocenters. The minimum Gasteiger partial charge on any atom is -0.349 e. The van der Waals surface area contributed by atoms with Gasteiger partial charge in [-0.3, -0.25) is 4.79 Å². The summed E-state index contributed by atoms with van der Waals surface area (Å²) in [5.74, 6) is -0.224. The van der Waals surface area contributed by atoms with Gasteiger partial charge in [0.2, 0.25) is 5.91 Å². The fourth-order valence-corrected chi connectivity index (χ4v) is 0.455. The predicted molar refractivity (Wildman–Crippen MR) is 37.3 cm³/mol. The molecule has 0 aliphatic heterocycles. The van der Waals surface area contributed by atoms with E-state index in [0.29, 0.717) is 0 Å². The van der Waals surface area contributed by atoms with Crippen LogP contribution in [0.5, 0.6) is 0 Å². The summed E-state index contributed by atoms with van der Waals surface area (Å²) in [6.07, 6.45) is -1.31. The van der Waals surface area contributed by atoms with Gasteiger partial charge in [-0.15, -0.1) is 0 Å². The molecule has 1 amide bonds. The van der Waals surface area contributed by atoms with Crippen LogP contribution in [0.15, 0.2) is 0 Å². The Balaban J connectivity index is 3.57. The second-order valence-corrected chi connectivity index (χ2v) is 2.33. The second-order valence-electron chi connectivity index (χ2n) is 2.33. The summed E-state index contributed by atoms with van der Waals surface area (Å²) in [5, 5.41) is 0. The predicted octanol–water partition coefficient (Wildman–Crippen LogP) is -0.238. The zero-order valence-electron chi connectivity index (χ0n) is 6.30. The molecule has 3 nitrogen and oxygen atoms in total. The summed E-state index contributed by atoms with van der Waals surface area (Å²) in [6.45, 7) is -0.0837. The number of carbonyl (C=O) groups is 1. The van der Waals surface area contributed by atoms with E-state index >= 15 is 0 Å². The molecule has 0 rings (SSSR count). The van der Waals surface area contributed by atoms with Crippen molar-refractivity contribution in [1.29, 1.82) is 0 Å². The minimum absolute atomic E-state index is 0.0837. The molecule has 0 aliphatic rings. The van der Waals surface area contributed by atoms with E-state index in [9.17, 15) is 9.18 Å². The van der Waals surface area contributed by atoms with E-state index < -0.39 is 6.17 Å². The summed E-state index contributed by atoms with van der Waals surface area (Å²) >= 11 is 0. The lowest BCUT2D eigenvalue weighted by atomic mass is 10.2. The summed E-state index contributed by atoms with van der Waals surface area (Å²) in [5.41, 5.74) is 4.97. The van der Waals surface area contributed by atoms with E-state index in [-0.39, 0.29) is 18.9 Å². The van der Waals surface area contributed by atoms with E-state index in [2.05, 4.69) is 0 Å². The molecule has 0 aromatic heterocycles. The number of amides is 1. The molecule has 0 saturated carbocycles. The lowest BCUT2D eigenvalue weighted by Crippen LogP contribution is -2.27. The average Bonchev–Trinajstić information content (AvgIpc) is 1.87. The Morgan fingerprint density at radius 3 is 2.50 bits per heavy atom. The Kier molecular flexibility index (Phi) is 3.95. The van der Waals surface area contributed by atoms with Crippen molar-refractivity contribution >= 4 is 5.91 Å². The van der Waals surface area contributed by atoms with Crippen LogP contribution in [-0.4, -0.2) is 37.6 Å². The molecule has 0 aromatic rings. The molecule has 0 aromatic carbocycles. The summed E-state index contributed by atoms with van der Waals surface area (Å²) in [7, 11) is 3.18. The maximum absolute atomic E-state index is 12.4. The number of carbonyl (C=O) groups excluding carboxylic acids is 1. The number of hydrogen-bond donors (Lipinski definition) is 1. The third kappa shape index (κ3) is 3.40. The average molecular weight is 148 g/mol. The standard InChI is InChI=1S/C6H13FN2O/c1-9(2)6(10)3-5(7)4-8/h5H,3-4,8H2,1-2H3. The van der Waals surface area contributed by atoms with Crippen molar-refractivity contribution in [3.8, 4) is 0 Å². The Hall–Kier alpha value is -0.640. The first-order valence-corrected chi connectivity index (χ1v) is 3.12. The number of hydrogen-bond acceptors (Lipinski definition) is 2. The Morgan fingerprint density at radius 2 is 2.20 bits per heavy atom. The topological polar surface area (TPSA) is 46.3 Å². The lowest BCUT2D eigenvalue weighted by molar-refractivity contribution is -0.129. The zero-order chi connectivity index (χ0) is 8.15. The number of nitrogens with zero attached hydrogens (tertiary/aromatic N) is 1. The van der Waals surface area contributed by atoms with E-state index in [4.69, 9.17) is 5.73 Å². The van der Waals surface area contributed by atoms with Crippen molar-refractivity contribution < 1.29 is 9.18 Å². The molecule has 0 radical (unpaired) electrons. The van der Waals surface area contributed by atoms with Crippen molar-refractivity contribution in [2.45, 2.75) is 12.6 Å². The van der Waals surface area contributed by atoms with Crippen LogP contribution < -0.4 is 5.73 Å². The maximum Gasteiger partial charge on any atom is 0.225 e. The number of alkyl halides is 1. The van der Waals surface area contributed by atoms with Gasteiger partial charge in [0, 0.05) is 20.6 Å². The molecule has 10 heavy (non-hydrogen) atoms. The summed E-state index contributed by atoms with van der Waals surface area (Å²) in [6, 6.07) is 0. The molecule has 2 N–H and O–H groups in total. The van der Waals surface area contributed by atoms with Crippen molar-refractivity contribution in [2.24, 2.45) is 5.73 Å². The molecule has 4 heteroatoms. The molecule has 1 atom stereocenters. The van der Waals surface area contributed by atoms with Crippen LogP contribution in [0.2, 0.25) is 0 Å². The van der Waals surface area contributed by atoms with Gasteiger partial charge in [0.25, 0.3) is 0 Å². The highest BCUT2D eigenvalue weighted by Crippen LogP contribution is 1.97. The number of rotatable bonds is 3. The van der Waals surface area contributed by atoms with E-state index in [1.165, 1.54) is 4.90 Å². The second kappa shape index (κ2) is 4.22. The smallest absolute Gasteiger partial charge is 0.225 e. The fourth-order valence-electron chi connectivity index (χ4n) is 0.455. The number of halogens is 1. The Morgan fingerprint density at radius 1 is 1.70 bits per heavy atom. The molecular weight excluding hydrogens is 135 g/mol. The highest BCUT2D eigenvalue weighted by molar-refractivity contribution is 5.76. The van der Waals surface area contributed by atoms with Crippen LogP contribution in [0.4, 0.5) is 4.39 Å². The fraction of sp³-hybridized carbons (Fsp3) is 0.833. The van der Waals surface area contributed by atoms with Gasteiger partial charge in [0.15, 0.2) is 0 Å². The SMILES string of the molecule is CN(C)C(=O)CC(F)CN. The Bertz CT molecular complexity index is 116. The summed E-state index contributed by atoms with van der Waals surface area (Å²) in [4.78, 5) is 12.1. The molecule has 60 valence electrons. The molecule has 0 bridgehead atoms. The third-order valence-corrected chi connectivity index (χ3v) is 1.15. The van der Waals surface area contributed by atoms with Crippen molar-refractivity contribution in [1.82, 2.24) is 4.90 Å². The van der Waals surface area contributed by atoms with Crippen LogP contribution in [0, 0.1) is 0 Å². The molecule has 0 fully saturated rings. The monoisotopic (exact) mass is 148 g/mol. The largest absolute Gasteiger partial charge is 0.349 e. The van der Waals surface area contributed by atoms with E-state index in [1.54, 1.807) is 14.1 Å². The quantitative estimate of drug-likeness (QED) is 0.600. The molecule has 0 heterocycles. The van der Waals surface area contributed by atoms with Crippen LogP contribution in [0.1, 0.15) is 6.42 Å². The maximum atomic E-state index is 12.4. The molecule has 0 aliphatic carbocycles. The van der Waals surface area contributed by atoms with Crippen molar-refractivity contribution in [2.75, 3.05) is 20.6 Å². The first kappa shape index (κ1) is 9.36. The van der Waals surface area contributed by atoms with Crippen LogP contribution in [-0.2, 0) is 4.79 Å². The van der Waals surface area contributed by atoms with Crippen LogP contribution in [0.3, 0.4) is 0 Å². The zero-order valence-corrected chi connectivity index (χ0v) is 6.30. The van der Waals surface area contributed by atoms with Crippen LogP contribution >= 0.6 is 0 Å². The van der Waals surface area contributed by atoms with Gasteiger partial charge < -0.3 is 10.6 Å². The highest BCUT2D eigenvalue weighted by atomic mass is 19.1. The van der Waals surface area contributed by atoms with Gasteiger partial charge in [-0.2, -0.15) is 0 Å². The van der Waals surface area contributed by atoms with Crippen LogP contribution in [0.25, 0.3) is 0 Å². The van der Waals surface area contributed by atoms with Gasteiger partial charge in [0.1, 0.15) is 6.17 Å². The van der Waals surface area contributed by atoms with Gasteiger partial charge in [-0.1, -0.05) is 0 Å². The van der Waals surface area contributed by atoms with Crippen molar-refractivity contribution in [3.63, 3.8) is 0 Å². The first-order valence-electron chi connectivity index (χ1n) is 3.12. The van der Waals surface area contributed by atoms with Gasteiger partial charge in [-0.05, 0) is 0 Å². The molecule has 0 spiro atoms.